The topological polar surface area (TPSA) is 61.2 Å². The van der Waals surface area contributed by atoms with Crippen LogP contribution in [-0.2, 0) is 9.59 Å². The van der Waals surface area contributed by atoms with E-state index in [1.54, 1.807) is 13.8 Å². The number of amides is 2. The van der Waals surface area contributed by atoms with Gasteiger partial charge < -0.3 is 0 Å². The molecule has 0 saturated carbocycles. The lowest BCUT2D eigenvalue weighted by atomic mass is 10.1. The van der Waals surface area contributed by atoms with Crippen molar-refractivity contribution < 1.29 is 9.59 Å². The summed E-state index contributed by atoms with van der Waals surface area (Å²) >= 11 is 0. The van der Waals surface area contributed by atoms with Crippen LogP contribution in [0.1, 0.15) is 20.3 Å². The van der Waals surface area contributed by atoms with E-state index in [2.05, 4.69) is 0 Å². The van der Waals surface area contributed by atoms with E-state index in [4.69, 9.17) is 5.26 Å². The highest BCUT2D eigenvalue weighted by molar-refractivity contribution is 6.03. The summed E-state index contributed by atoms with van der Waals surface area (Å²) in [6.45, 7) is 3.67. The molecule has 0 aromatic rings. The summed E-state index contributed by atoms with van der Waals surface area (Å²) < 4.78 is 0. The second-order valence-corrected chi connectivity index (χ2v) is 3.48. The molecule has 0 aromatic heterocycles. The molecule has 0 N–H and O–H groups in total. The van der Waals surface area contributed by atoms with Crippen LogP contribution in [0.2, 0.25) is 0 Å². The zero-order chi connectivity index (χ0) is 10.0. The molecule has 1 heterocycles. The Bertz CT molecular complexity index is 280. The Labute approximate surface area is 77.1 Å². The van der Waals surface area contributed by atoms with Gasteiger partial charge in [-0.25, -0.2) is 0 Å². The fraction of sp³-hybridized carbons (Fsp3) is 0.667. The molecule has 4 heteroatoms. The number of nitrogens with zero attached hydrogens (tertiary/aromatic N) is 2. The van der Waals surface area contributed by atoms with Gasteiger partial charge in [0.05, 0.1) is 12.0 Å². The summed E-state index contributed by atoms with van der Waals surface area (Å²) in [6.07, 6.45) is 0.289. The van der Waals surface area contributed by atoms with Crippen LogP contribution in [-0.4, -0.2) is 23.3 Å². The van der Waals surface area contributed by atoms with Gasteiger partial charge in [-0.3, -0.25) is 14.5 Å². The minimum absolute atomic E-state index is 0.146. The Kier molecular flexibility index (Phi) is 2.66. The third kappa shape index (κ3) is 1.86. The summed E-state index contributed by atoms with van der Waals surface area (Å²) in [6, 6.07) is 2.00. The van der Waals surface area contributed by atoms with Crippen molar-refractivity contribution in [1.29, 1.82) is 5.26 Å². The second-order valence-electron chi connectivity index (χ2n) is 3.48. The highest BCUT2D eigenvalue weighted by Crippen LogP contribution is 2.19. The van der Waals surface area contributed by atoms with Crippen molar-refractivity contribution in [2.45, 2.75) is 20.3 Å². The molecule has 0 bridgehead atoms. The molecule has 13 heavy (non-hydrogen) atoms. The Balaban J connectivity index is 2.65. The highest BCUT2D eigenvalue weighted by Gasteiger charge is 2.35. The number of imide groups is 1. The molecule has 0 aliphatic carbocycles. The molecule has 0 spiro atoms. The lowest BCUT2D eigenvalue weighted by molar-refractivity contribution is -0.139. The van der Waals surface area contributed by atoms with Crippen LogP contribution in [0.25, 0.3) is 0 Å². The first-order chi connectivity index (χ1) is 6.06. The van der Waals surface area contributed by atoms with Gasteiger partial charge >= 0.3 is 0 Å². The zero-order valence-corrected chi connectivity index (χ0v) is 7.78. The molecule has 1 saturated heterocycles. The van der Waals surface area contributed by atoms with Crippen LogP contribution in [0.15, 0.2) is 0 Å². The van der Waals surface area contributed by atoms with Crippen LogP contribution in [0, 0.1) is 23.2 Å². The molecule has 70 valence electrons. The molecule has 1 aliphatic rings. The normalized spacial score (nSPS) is 24.7. The van der Waals surface area contributed by atoms with Crippen LogP contribution in [0.4, 0.5) is 0 Å². The molecule has 2 unspecified atom stereocenters. The van der Waals surface area contributed by atoms with Gasteiger partial charge in [-0.05, 0) is 6.92 Å². The number of nitriles is 1. The first-order valence-electron chi connectivity index (χ1n) is 4.30. The summed E-state index contributed by atoms with van der Waals surface area (Å²) in [5, 5.41) is 8.53. The number of hydrogen-bond acceptors (Lipinski definition) is 3. The summed E-state index contributed by atoms with van der Waals surface area (Å²) in [5.74, 6) is -0.789. The maximum absolute atomic E-state index is 11.4. The van der Waals surface area contributed by atoms with Crippen molar-refractivity contribution in [3.05, 3.63) is 0 Å². The van der Waals surface area contributed by atoms with Gasteiger partial charge in [0.15, 0.2) is 0 Å². The first kappa shape index (κ1) is 9.72. The maximum Gasteiger partial charge on any atom is 0.232 e. The minimum atomic E-state index is -0.279. The van der Waals surface area contributed by atoms with E-state index in [0.29, 0.717) is 0 Å². The van der Waals surface area contributed by atoms with Gasteiger partial charge in [0.1, 0.15) is 0 Å². The van der Waals surface area contributed by atoms with E-state index in [9.17, 15) is 9.59 Å². The summed E-state index contributed by atoms with van der Waals surface area (Å²) in [4.78, 5) is 23.8. The lowest BCUT2D eigenvalue weighted by Crippen LogP contribution is -2.33. The van der Waals surface area contributed by atoms with E-state index < -0.39 is 0 Å². The third-order valence-corrected chi connectivity index (χ3v) is 2.15. The molecule has 2 atom stereocenters. The van der Waals surface area contributed by atoms with Gasteiger partial charge in [0.2, 0.25) is 11.8 Å². The van der Waals surface area contributed by atoms with Crippen molar-refractivity contribution in [2.75, 3.05) is 6.54 Å². The Morgan fingerprint density at radius 3 is 2.69 bits per heavy atom. The van der Waals surface area contributed by atoms with Crippen molar-refractivity contribution in [1.82, 2.24) is 4.90 Å². The smallest absolute Gasteiger partial charge is 0.232 e. The predicted octanol–water partition coefficient (Wildman–Crippen LogP) is 0.541. The molecular formula is C9H12N2O2. The monoisotopic (exact) mass is 180 g/mol. The minimum Gasteiger partial charge on any atom is -0.281 e. The fourth-order valence-corrected chi connectivity index (χ4v) is 1.35. The molecule has 1 rings (SSSR count). The van der Waals surface area contributed by atoms with E-state index in [1.807, 2.05) is 6.07 Å². The van der Waals surface area contributed by atoms with Crippen molar-refractivity contribution in [3.8, 4) is 6.07 Å². The number of hydrogen-bond donors (Lipinski definition) is 0. The first-order valence-corrected chi connectivity index (χ1v) is 4.30. The zero-order valence-electron chi connectivity index (χ0n) is 7.78. The van der Waals surface area contributed by atoms with E-state index in [1.165, 1.54) is 4.90 Å². The largest absolute Gasteiger partial charge is 0.281 e. The fourth-order valence-electron chi connectivity index (χ4n) is 1.35. The van der Waals surface area contributed by atoms with Crippen LogP contribution < -0.4 is 0 Å². The molecule has 2 amide bonds. The van der Waals surface area contributed by atoms with Crippen LogP contribution in [0.5, 0.6) is 0 Å². The third-order valence-electron chi connectivity index (χ3n) is 2.15. The van der Waals surface area contributed by atoms with Crippen molar-refractivity contribution in [2.24, 2.45) is 11.8 Å². The predicted molar refractivity (Wildman–Crippen MR) is 45.3 cm³/mol. The molecule has 0 aromatic carbocycles. The SMILES string of the molecule is CC(C#N)CN1C(=O)CC(C)C1=O. The highest BCUT2D eigenvalue weighted by atomic mass is 16.2. The van der Waals surface area contributed by atoms with E-state index >= 15 is 0 Å². The van der Waals surface area contributed by atoms with E-state index in [-0.39, 0.29) is 36.6 Å². The van der Waals surface area contributed by atoms with Gasteiger partial charge in [0.25, 0.3) is 0 Å². The van der Waals surface area contributed by atoms with Crippen LogP contribution in [0.3, 0.4) is 0 Å². The van der Waals surface area contributed by atoms with Gasteiger partial charge in [-0.2, -0.15) is 5.26 Å². The number of likely N-dealkylation sites (tertiary alicyclic amines) is 1. The summed E-state index contributed by atoms with van der Waals surface area (Å²) in [5.41, 5.74) is 0. The van der Waals surface area contributed by atoms with E-state index in [0.717, 1.165) is 0 Å². The molecule has 1 fully saturated rings. The average Bonchev–Trinajstić information content (AvgIpc) is 2.32. The average molecular weight is 180 g/mol. The second kappa shape index (κ2) is 3.56. The number of carbonyl (C=O) groups excluding carboxylic acids is 2. The number of carbonyl (C=O) groups is 2. The maximum atomic E-state index is 11.4. The van der Waals surface area contributed by atoms with Crippen molar-refractivity contribution >= 4 is 11.8 Å². The molecular weight excluding hydrogens is 168 g/mol. The standard InChI is InChI=1S/C9H12N2O2/c1-6(4-10)5-11-8(12)3-7(2)9(11)13/h6-7H,3,5H2,1-2H3. The van der Waals surface area contributed by atoms with Crippen molar-refractivity contribution in [3.63, 3.8) is 0 Å². The Morgan fingerprint density at radius 2 is 2.31 bits per heavy atom. The summed E-state index contributed by atoms with van der Waals surface area (Å²) in [7, 11) is 0. The number of rotatable bonds is 2. The Morgan fingerprint density at radius 1 is 1.69 bits per heavy atom. The lowest BCUT2D eigenvalue weighted by Gasteiger charge is -2.14. The Hall–Kier alpha value is -1.37. The molecule has 1 aliphatic heterocycles. The van der Waals surface area contributed by atoms with Crippen LogP contribution >= 0.6 is 0 Å². The van der Waals surface area contributed by atoms with Gasteiger partial charge in [-0.15, -0.1) is 0 Å². The molecule has 4 nitrogen and oxygen atoms in total. The quantitative estimate of drug-likeness (QED) is 0.583. The van der Waals surface area contributed by atoms with Gasteiger partial charge in [-0.1, -0.05) is 6.92 Å². The van der Waals surface area contributed by atoms with Gasteiger partial charge in [0, 0.05) is 18.9 Å². The molecule has 0 radical (unpaired) electrons.